The first-order valence-electron chi connectivity index (χ1n) is 21.0. The predicted molar refractivity (Wildman–Crippen MR) is 215 cm³/mol. The molecule has 5 heteroatoms. The number of unbranched alkanes of at least 4 members (excludes halogenated alkanes) is 18. The van der Waals surface area contributed by atoms with Gasteiger partial charge in [0.2, 0.25) is 0 Å². The van der Waals surface area contributed by atoms with Crippen molar-refractivity contribution in [3.8, 4) is 0 Å². The summed E-state index contributed by atoms with van der Waals surface area (Å²) in [5.41, 5.74) is 0. The molecule has 0 saturated carbocycles. The highest BCUT2D eigenvalue weighted by Crippen LogP contribution is 2.35. The lowest BCUT2D eigenvalue weighted by molar-refractivity contribution is -0.301. The standard InChI is InChI=1S/C44H80O4S/c1-4-6-8-10-12-14-16-18-20-22-24-26-28-30-32-34-39-44(47-41-38-43(48-44)37-36-42-49(3,45)46)40-35-33-31-29-27-25-23-21-19-17-15-13-11-9-7-5-2/h12-15,18-21,43H,4-11,16-17,22-42H2,1-3H3. The number of rotatable bonds is 34. The molecule has 0 aromatic heterocycles. The van der Waals surface area contributed by atoms with E-state index in [1.54, 1.807) is 0 Å². The van der Waals surface area contributed by atoms with Crippen molar-refractivity contribution in [2.45, 2.75) is 212 Å². The molecule has 0 aliphatic carbocycles. The van der Waals surface area contributed by atoms with E-state index >= 15 is 0 Å². The van der Waals surface area contributed by atoms with Crippen LogP contribution in [-0.4, -0.2) is 38.9 Å². The van der Waals surface area contributed by atoms with Gasteiger partial charge in [-0.15, -0.1) is 0 Å². The third kappa shape index (κ3) is 30.2. The Morgan fingerprint density at radius 1 is 0.551 bits per heavy atom. The van der Waals surface area contributed by atoms with Gasteiger partial charge in [0.15, 0.2) is 5.79 Å². The summed E-state index contributed by atoms with van der Waals surface area (Å²) < 4.78 is 36.5. The van der Waals surface area contributed by atoms with Crippen molar-refractivity contribution in [3.05, 3.63) is 48.6 Å². The molecule has 0 N–H and O–H groups in total. The predicted octanol–water partition coefficient (Wildman–Crippen LogP) is 13.7. The summed E-state index contributed by atoms with van der Waals surface area (Å²) >= 11 is 0. The second-order valence-electron chi connectivity index (χ2n) is 14.7. The molecule has 0 aromatic carbocycles. The van der Waals surface area contributed by atoms with Crippen molar-refractivity contribution in [2.24, 2.45) is 0 Å². The molecule has 1 fully saturated rings. The smallest absolute Gasteiger partial charge is 0.168 e. The van der Waals surface area contributed by atoms with E-state index in [0.717, 1.165) is 58.0 Å². The van der Waals surface area contributed by atoms with E-state index < -0.39 is 15.6 Å². The SMILES string of the molecule is CCCCCC=CCC=CCCCCCCCCC1(CCCCCCCCC=CCC=CCCCCC)OCCC(CCCS(C)(=O)=O)O1. The third-order valence-electron chi connectivity index (χ3n) is 9.74. The van der Waals surface area contributed by atoms with Crippen LogP contribution in [0, 0.1) is 0 Å². The Hall–Kier alpha value is -1.17. The molecule has 1 saturated heterocycles. The minimum absolute atomic E-state index is 0.115. The number of hydrogen-bond acceptors (Lipinski definition) is 4. The van der Waals surface area contributed by atoms with Crippen molar-refractivity contribution in [1.82, 2.24) is 0 Å². The van der Waals surface area contributed by atoms with Gasteiger partial charge in [-0.1, -0.05) is 140 Å². The molecule has 49 heavy (non-hydrogen) atoms. The summed E-state index contributed by atoms with van der Waals surface area (Å²) in [5, 5.41) is 0. The van der Waals surface area contributed by atoms with E-state index in [9.17, 15) is 8.42 Å². The summed E-state index contributed by atoms with van der Waals surface area (Å²) in [7, 11) is -2.93. The van der Waals surface area contributed by atoms with Crippen molar-refractivity contribution < 1.29 is 17.9 Å². The van der Waals surface area contributed by atoms with Crippen LogP contribution in [0.1, 0.15) is 200 Å². The van der Waals surface area contributed by atoms with E-state index in [1.807, 2.05) is 0 Å². The number of hydrogen-bond donors (Lipinski definition) is 0. The molecule has 1 aliphatic rings. The van der Waals surface area contributed by atoms with Gasteiger partial charge < -0.3 is 9.47 Å². The maximum absolute atomic E-state index is 11.7. The van der Waals surface area contributed by atoms with Crippen molar-refractivity contribution in [2.75, 3.05) is 18.6 Å². The molecule has 1 unspecified atom stereocenters. The molecule has 1 rings (SSSR count). The van der Waals surface area contributed by atoms with E-state index in [-0.39, 0.29) is 11.9 Å². The number of allylic oxidation sites excluding steroid dienone is 8. The van der Waals surface area contributed by atoms with Crippen LogP contribution in [0.2, 0.25) is 0 Å². The van der Waals surface area contributed by atoms with E-state index in [0.29, 0.717) is 6.42 Å². The third-order valence-corrected chi connectivity index (χ3v) is 10.8. The van der Waals surface area contributed by atoms with Crippen LogP contribution >= 0.6 is 0 Å². The van der Waals surface area contributed by atoms with Gasteiger partial charge in [0.25, 0.3) is 0 Å². The molecular weight excluding hydrogens is 625 g/mol. The first kappa shape index (κ1) is 45.9. The van der Waals surface area contributed by atoms with Crippen LogP contribution in [0.4, 0.5) is 0 Å². The first-order valence-corrected chi connectivity index (χ1v) is 23.1. The topological polar surface area (TPSA) is 52.6 Å². The fraction of sp³-hybridized carbons (Fsp3) is 0.818. The number of ether oxygens (including phenoxy) is 2. The summed E-state index contributed by atoms with van der Waals surface area (Å²) in [5.74, 6) is -0.225. The van der Waals surface area contributed by atoms with E-state index in [4.69, 9.17) is 9.47 Å². The van der Waals surface area contributed by atoms with Gasteiger partial charge in [-0.2, -0.15) is 0 Å². The van der Waals surface area contributed by atoms with Crippen molar-refractivity contribution in [3.63, 3.8) is 0 Å². The van der Waals surface area contributed by atoms with Crippen LogP contribution in [0.25, 0.3) is 0 Å². The molecule has 4 nitrogen and oxygen atoms in total. The van der Waals surface area contributed by atoms with Gasteiger partial charge in [0.1, 0.15) is 9.84 Å². The molecular formula is C44H80O4S. The Balaban J connectivity index is 2.29. The van der Waals surface area contributed by atoms with Crippen molar-refractivity contribution in [1.29, 1.82) is 0 Å². The summed E-state index contributed by atoms with van der Waals surface area (Å²) in [6, 6.07) is 0. The van der Waals surface area contributed by atoms with Crippen LogP contribution in [0.3, 0.4) is 0 Å². The zero-order valence-electron chi connectivity index (χ0n) is 32.7. The van der Waals surface area contributed by atoms with Gasteiger partial charge in [0, 0.05) is 24.9 Å². The van der Waals surface area contributed by atoms with Gasteiger partial charge in [-0.3, -0.25) is 0 Å². The monoisotopic (exact) mass is 705 g/mol. The minimum Gasteiger partial charge on any atom is -0.350 e. The Labute approximate surface area is 306 Å². The second kappa shape index (κ2) is 32.7. The molecule has 1 heterocycles. The largest absolute Gasteiger partial charge is 0.350 e. The van der Waals surface area contributed by atoms with Crippen LogP contribution < -0.4 is 0 Å². The fourth-order valence-corrected chi connectivity index (χ4v) is 7.39. The zero-order chi connectivity index (χ0) is 35.6. The van der Waals surface area contributed by atoms with Crippen LogP contribution in [0.5, 0.6) is 0 Å². The fourth-order valence-electron chi connectivity index (χ4n) is 6.70. The molecule has 1 atom stereocenters. The average Bonchev–Trinajstić information content (AvgIpc) is 3.07. The molecule has 0 radical (unpaired) electrons. The highest BCUT2D eigenvalue weighted by atomic mass is 32.2. The maximum Gasteiger partial charge on any atom is 0.168 e. The summed E-state index contributed by atoms with van der Waals surface area (Å²) in [6.07, 6.45) is 54.4. The Bertz CT molecular complexity index is 900. The molecule has 0 spiro atoms. The highest BCUT2D eigenvalue weighted by Gasteiger charge is 2.37. The van der Waals surface area contributed by atoms with Gasteiger partial charge in [-0.05, 0) is 96.3 Å². The molecule has 286 valence electrons. The lowest BCUT2D eigenvalue weighted by atomic mass is 9.96. The van der Waals surface area contributed by atoms with Crippen LogP contribution in [0.15, 0.2) is 48.6 Å². The molecule has 0 aromatic rings. The second-order valence-corrected chi connectivity index (χ2v) is 17.0. The normalized spacial score (nSPS) is 19.0. The summed E-state index contributed by atoms with van der Waals surface area (Å²) in [4.78, 5) is 0. The minimum atomic E-state index is -2.93. The van der Waals surface area contributed by atoms with Gasteiger partial charge in [-0.25, -0.2) is 8.42 Å². The molecule has 0 amide bonds. The Kier molecular flexibility index (Phi) is 30.6. The zero-order valence-corrected chi connectivity index (χ0v) is 33.5. The maximum atomic E-state index is 11.7. The van der Waals surface area contributed by atoms with Crippen LogP contribution in [-0.2, 0) is 19.3 Å². The molecule has 1 aliphatic heterocycles. The summed E-state index contributed by atoms with van der Waals surface area (Å²) in [6.45, 7) is 5.25. The number of sulfone groups is 1. The van der Waals surface area contributed by atoms with Gasteiger partial charge >= 0.3 is 0 Å². The quantitative estimate of drug-likeness (QED) is 0.0494. The average molecular weight is 705 g/mol. The lowest BCUT2D eigenvalue weighted by Crippen LogP contribution is -2.45. The van der Waals surface area contributed by atoms with Gasteiger partial charge in [0.05, 0.1) is 12.7 Å². The van der Waals surface area contributed by atoms with Crippen molar-refractivity contribution >= 4 is 9.84 Å². The Morgan fingerprint density at radius 2 is 0.959 bits per heavy atom. The Morgan fingerprint density at radius 3 is 1.39 bits per heavy atom. The first-order chi connectivity index (χ1) is 23.9. The van der Waals surface area contributed by atoms with E-state index in [2.05, 4.69) is 62.5 Å². The van der Waals surface area contributed by atoms with E-state index in [1.165, 1.54) is 135 Å². The lowest BCUT2D eigenvalue weighted by Gasteiger charge is -2.42. The molecule has 0 bridgehead atoms. The highest BCUT2D eigenvalue weighted by molar-refractivity contribution is 7.90.